The third kappa shape index (κ3) is 5.46. The molecular formula is C27H31N3O. The molecule has 0 bridgehead atoms. The van der Waals surface area contributed by atoms with E-state index in [1.807, 2.05) is 42.5 Å². The Morgan fingerprint density at radius 1 is 0.903 bits per heavy atom. The molecule has 1 amide bonds. The van der Waals surface area contributed by atoms with Crippen LogP contribution in [0.4, 0.5) is 17.1 Å². The number of carbonyl (C=O) groups excluding carboxylic acids is 1. The van der Waals surface area contributed by atoms with Gasteiger partial charge in [0.1, 0.15) is 0 Å². The lowest BCUT2D eigenvalue weighted by Gasteiger charge is -2.28. The molecule has 1 saturated heterocycles. The average molecular weight is 414 g/mol. The van der Waals surface area contributed by atoms with Gasteiger partial charge < -0.3 is 15.5 Å². The van der Waals surface area contributed by atoms with E-state index in [1.54, 1.807) is 0 Å². The van der Waals surface area contributed by atoms with Gasteiger partial charge in [0.15, 0.2) is 0 Å². The van der Waals surface area contributed by atoms with Crippen molar-refractivity contribution in [2.75, 3.05) is 28.6 Å². The summed E-state index contributed by atoms with van der Waals surface area (Å²) in [6, 6.07) is 24.4. The van der Waals surface area contributed by atoms with Crippen LogP contribution in [0.15, 0.2) is 72.8 Å². The van der Waals surface area contributed by atoms with Crippen LogP contribution in [0, 0.1) is 0 Å². The van der Waals surface area contributed by atoms with Crippen molar-refractivity contribution < 1.29 is 4.79 Å². The summed E-state index contributed by atoms with van der Waals surface area (Å²) < 4.78 is 0. The van der Waals surface area contributed by atoms with Crippen molar-refractivity contribution in [3.05, 3.63) is 89.5 Å². The molecule has 0 spiro atoms. The fraction of sp³-hybridized carbons (Fsp3) is 0.296. The van der Waals surface area contributed by atoms with Crippen molar-refractivity contribution in [1.29, 1.82) is 0 Å². The number of carbonyl (C=O) groups is 1. The zero-order valence-corrected chi connectivity index (χ0v) is 18.2. The van der Waals surface area contributed by atoms with E-state index in [0.29, 0.717) is 12.1 Å². The van der Waals surface area contributed by atoms with E-state index in [2.05, 4.69) is 52.8 Å². The van der Waals surface area contributed by atoms with Crippen molar-refractivity contribution in [2.45, 2.75) is 39.2 Å². The Balaban J connectivity index is 1.37. The van der Waals surface area contributed by atoms with E-state index in [-0.39, 0.29) is 5.91 Å². The first-order chi connectivity index (χ1) is 15.2. The summed E-state index contributed by atoms with van der Waals surface area (Å²) >= 11 is 0. The molecule has 4 heteroatoms. The lowest BCUT2D eigenvalue weighted by molar-refractivity contribution is 0.102. The molecule has 0 radical (unpaired) electrons. The molecule has 160 valence electrons. The molecule has 4 nitrogen and oxygen atoms in total. The first-order valence-electron chi connectivity index (χ1n) is 11.3. The Morgan fingerprint density at radius 3 is 2.45 bits per heavy atom. The number of nitrogens with one attached hydrogen (secondary N) is 2. The summed E-state index contributed by atoms with van der Waals surface area (Å²) in [4.78, 5) is 15.2. The van der Waals surface area contributed by atoms with Gasteiger partial charge in [0, 0.05) is 42.3 Å². The highest BCUT2D eigenvalue weighted by Crippen LogP contribution is 2.22. The second kappa shape index (κ2) is 10.2. The lowest BCUT2D eigenvalue weighted by atomic mass is 10.1. The highest BCUT2D eigenvalue weighted by molar-refractivity contribution is 6.04. The SMILES string of the molecule is CCc1ccccc1NCc1cccc(C(=O)Nc2ccc(N3CCCCC3)cc2)c1. The molecule has 0 saturated carbocycles. The maximum atomic E-state index is 12.8. The largest absolute Gasteiger partial charge is 0.381 e. The number of nitrogens with zero attached hydrogens (tertiary/aromatic N) is 1. The predicted octanol–water partition coefficient (Wildman–Crippen LogP) is 6.10. The minimum atomic E-state index is -0.0819. The number of para-hydroxylation sites is 1. The number of piperidine rings is 1. The van der Waals surface area contributed by atoms with E-state index >= 15 is 0 Å². The van der Waals surface area contributed by atoms with Crippen molar-refractivity contribution in [1.82, 2.24) is 0 Å². The Morgan fingerprint density at radius 2 is 1.68 bits per heavy atom. The first-order valence-corrected chi connectivity index (χ1v) is 11.3. The normalized spacial score (nSPS) is 13.6. The van der Waals surface area contributed by atoms with Crippen LogP contribution in [0.3, 0.4) is 0 Å². The number of rotatable bonds is 7. The molecule has 1 heterocycles. The Hall–Kier alpha value is -3.27. The van der Waals surface area contributed by atoms with Crippen molar-refractivity contribution >= 4 is 23.0 Å². The van der Waals surface area contributed by atoms with Crippen LogP contribution in [-0.4, -0.2) is 19.0 Å². The van der Waals surface area contributed by atoms with Gasteiger partial charge >= 0.3 is 0 Å². The van der Waals surface area contributed by atoms with Gasteiger partial charge in [0.25, 0.3) is 5.91 Å². The van der Waals surface area contributed by atoms with E-state index in [1.165, 1.54) is 30.5 Å². The Labute approximate surface area is 185 Å². The van der Waals surface area contributed by atoms with Crippen molar-refractivity contribution in [3.63, 3.8) is 0 Å². The summed E-state index contributed by atoms with van der Waals surface area (Å²) in [6.07, 6.45) is 4.83. The fourth-order valence-electron chi connectivity index (χ4n) is 4.13. The van der Waals surface area contributed by atoms with Gasteiger partial charge in [-0.1, -0.05) is 37.3 Å². The third-order valence-corrected chi connectivity index (χ3v) is 5.92. The molecule has 1 aliphatic rings. The molecule has 3 aromatic carbocycles. The minimum absolute atomic E-state index is 0.0819. The van der Waals surface area contributed by atoms with Crippen molar-refractivity contribution in [2.24, 2.45) is 0 Å². The summed E-state index contributed by atoms with van der Waals surface area (Å²) in [7, 11) is 0. The monoisotopic (exact) mass is 413 g/mol. The van der Waals surface area contributed by atoms with Gasteiger partial charge in [-0.25, -0.2) is 0 Å². The van der Waals surface area contributed by atoms with E-state index in [9.17, 15) is 4.79 Å². The molecule has 31 heavy (non-hydrogen) atoms. The standard InChI is InChI=1S/C27H31N3O/c1-2-22-10-4-5-12-26(22)28-20-21-9-8-11-23(19-21)27(31)29-24-13-15-25(16-14-24)30-17-6-3-7-18-30/h4-5,8-16,19,28H,2-3,6-7,17-18,20H2,1H3,(H,29,31). The maximum absolute atomic E-state index is 12.8. The Kier molecular flexibility index (Phi) is 6.88. The molecule has 0 atom stereocenters. The van der Waals surface area contributed by atoms with Gasteiger partial charge in [-0.2, -0.15) is 0 Å². The highest BCUT2D eigenvalue weighted by atomic mass is 16.1. The van der Waals surface area contributed by atoms with Crippen molar-refractivity contribution in [3.8, 4) is 0 Å². The fourth-order valence-corrected chi connectivity index (χ4v) is 4.13. The molecule has 4 rings (SSSR count). The van der Waals surface area contributed by atoms with E-state index in [0.717, 1.165) is 36.4 Å². The highest BCUT2D eigenvalue weighted by Gasteiger charge is 2.12. The number of benzene rings is 3. The van der Waals surface area contributed by atoms with Crippen LogP contribution in [0.2, 0.25) is 0 Å². The molecule has 0 aromatic heterocycles. The zero-order chi connectivity index (χ0) is 21.5. The third-order valence-electron chi connectivity index (χ3n) is 5.92. The molecule has 0 unspecified atom stereocenters. The van der Waals surface area contributed by atoms with E-state index < -0.39 is 0 Å². The van der Waals surface area contributed by atoms with Gasteiger partial charge in [-0.05, 0) is 79.3 Å². The van der Waals surface area contributed by atoms with Crippen LogP contribution in [-0.2, 0) is 13.0 Å². The maximum Gasteiger partial charge on any atom is 0.255 e. The molecule has 1 fully saturated rings. The van der Waals surface area contributed by atoms with Crippen LogP contribution in [0.5, 0.6) is 0 Å². The Bertz CT molecular complexity index is 1010. The van der Waals surface area contributed by atoms with E-state index in [4.69, 9.17) is 0 Å². The molecular weight excluding hydrogens is 382 g/mol. The second-order valence-electron chi connectivity index (χ2n) is 8.11. The summed E-state index contributed by atoms with van der Waals surface area (Å²) in [5.41, 5.74) is 6.25. The molecule has 1 aliphatic heterocycles. The van der Waals surface area contributed by atoms with Crippen LogP contribution in [0.25, 0.3) is 0 Å². The lowest BCUT2D eigenvalue weighted by Crippen LogP contribution is -2.29. The molecule has 3 aromatic rings. The van der Waals surface area contributed by atoms with Gasteiger partial charge in [-0.3, -0.25) is 4.79 Å². The number of aryl methyl sites for hydroxylation is 1. The predicted molar refractivity (Wildman–Crippen MR) is 130 cm³/mol. The average Bonchev–Trinajstić information content (AvgIpc) is 2.84. The number of anilines is 3. The van der Waals surface area contributed by atoms with Crippen LogP contribution in [0.1, 0.15) is 47.7 Å². The van der Waals surface area contributed by atoms with Crippen LogP contribution < -0.4 is 15.5 Å². The smallest absolute Gasteiger partial charge is 0.255 e. The number of amides is 1. The topological polar surface area (TPSA) is 44.4 Å². The first kappa shape index (κ1) is 21.0. The van der Waals surface area contributed by atoms with Gasteiger partial charge in [0.2, 0.25) is 0 Å². The van der Waals surface area contributed by atoms with Gasteiger partial charge in [0.05, 0.1) is 0 Å². The van der Waals surface area contributed by atoms with Crippen LogP contribution >= 0.6 is 0 Å². The summed E-state index contributed by atoms with van der Waals surface area (Å²) in [5, 5.41) is 6.53. The zero-order valence-electron chi connectivity index (χ0n) is 18.2. The minimum Gasteiger partial charge on any atom is -0.381 e. The quantitative estimate of drug-likeness (QED) is 0.492. The van der Waals surface area contributed by atoms with Gasteiger partial charge in [-0.15, -0.1) is 0 Å². The molecule has 2 N–H and O–H groups in total. The number of hydrogen-bond donors (Lipinski definition) is 2. The number of hydrogen-bond acceptors (Lipinski definition) is 3. The second-order valence-corrected chi connectivity index (χ2v) is 8.11. The summed E-state index contributed by atoms with van der Waals surface area (Å²) in [5.74, 6) is -0.0819. The molecule has 0 aliphatic carbocycles. The summed E-state index contributed by atoms with van der Waals surface area (Å²) in [6.45, 7) is 5.08.